The lowest BCUT2D eigenvalue weighted by Crippen LogP contribution is -2.41. The van der Waals surface area contributed by atoms with Crippen molar-refractivity contribution in [2.24, 2.45) is 0 Å². The van der Waals surface area contributed by atoms with Crippen molar-refractivity contribution in [2.45, 2.75) is 25.9 Å². The van der Waals surface area contributed by atoms with E-state index >= 15 is 0 Å². The number of carbonyl (C=O) groups is 2. The summed E-state index contributed by atoms with van der Waals surface area (Å²) in [7, 11) is 5.90. The van der Waals surface area contributed by atoms with Crippen molar-refractivity contribution >= 4 is 11.8 Å². The van der Waals surface area contributed by atoms with Crippen LogP contribution in [0, 0.1) is 0 Å². The number of hydrogen-bond donors (Lipinski definition) is 0. The van der Waals surface area contributed by atoms with Crippen molar-refractivity contribution in [1.82, 2.24) is 4.90 Å². The third-order valence-electron chi connectivity index (χ3n) is 2.91. The average molecular weight is 257 g/mol. The molecule has 0 aliphatic carbocycles. The molecule has 0 N–H and O–H groups in total. The molecule has 1 rings (SSSR count). The van der Waals surface area contributed by atoms with Crippen LogP contribution in [0.15, 0.2) is 0 Å². The molecule has 0 aromatic carbocycles. The Morgan fingerprint density at radius 2 is 2.00 bits per heavy atom. The predicted molar refractivity (Wildman–Crippen MR) is 69.1 cm³/mol. The maximum atomic E-state index is 11.7. The first-order chi connectivity index (χ1) is 8.26. The largest absolute Gasteiger partial charge is 0.457 e. The van der Waals surface area contributed by atoms with Crippen LogP contribution in [0.2, 0.25) is 0 Å². The van der Waals surface area contributed by atoms with Gasteiger partial charge in [0.15, 0.2) is 6.54 Å². The SMILES string of the molecule is CC(=O)CCN1CCC(OC(=O)C[N+](C)(C)C)C1. The van der Waals surface area contributed by atoms with E-state index in [1.54, 1.807) is 6.92 Å². The van der Waals surface area contributed by atoms with Gasteiger partial charge in [0.25, 0.3) is 0 Å². The molecule has 0 saturated carbocycles. The molecule has 1 aliphatic rings. The molecule has 0 radical (unpaired) electrons. The van der Waals surface area contributed by atoms with E-state index in [1.807, 2.05) is 21.1 Å². The molecule has 1 aliphatic heterocycles. The Labute approximate surface area is 109 Å². The number of likely N-dealkylation sites (tertiary alicyclic amines) is 1. The fourth-order valence-corrected chi connectivity index (χ4v) is 2.02. The van der Waals surface area contributed by atoms with Crippen molar-refractivity contribution in [3.05, 3.63) is 0 Å². The molecule has 0 amide bonds. The molecule has 0 aromatic heterocycles. The molecule has 1 heterocycles. The van der Waals surface area contributed by atoms with E-state index < -0.39 is 0 Å². The van der Waals surface area contributed by atoms with Gasteiger partial charge in [-0.2, -0.15) is 0 Å². The summed E-state index contributed by atoms with van der Waals surface area (Å²) in [5.74, 6) is 0.0707. The van der Waals surface area contributed by atoms with Gasteiger partial charge in [0, 0.05) is 26.1 Å². The van der Waals surface area contributed by atoms with Crippen LogP contribution >= 0.6 is 0 Å². The fourth-order valence-electron chi connectivity index (χ4n) is 2.02. The molecular formula is C13H25N2O3+. The topological polar surface area (TPSA) is 46.6 Å². The summed E-state index contributed by atoms with van der Waals surface area (Å²) in [6, 6.07) is 0. The fraction of sp³-hybridized carbons (Fsp3) is 0.846. The highest BCUT2D eigenvalue weighted by atomic mass is 16.5. The molecule has 5 nitrogen and oxygen atoms in total. The number of quaternary nitrogens is 1. The van der Waals surface area contributed by atoms with Gasteiger partial charge < -0.3 is 9.22 Å². The number of esters is 1. The summed E-state index contributed by atoms with van der Waals surface area (Å²) in [5, 5.41) is 0. The van der Waals surface area contributed by atoms with Crippen molar-refractivity contribution in [2.75, 3.05) is 47.3 Å². The summed E-state index contributed by atoms with van der Waals surface area (Å²) in [6.45, 7) is 4.45. The number of ether oxygens (including phenoxy) is 1. The van der Waals surface area contributed by atoms with Gasteiger partial charge in [-0.1, -0.05) is 0 Å². The van der Waals surface area contributed by atoms with Crippen LogP contribution in [-0.4, -0.2) is 74.6 Å². The van der Waals surface area contributed by atoms with Crippen LogP contribution in [0.4, 0.5) is 0 Å². The van der Waals surface area contributed by atoms with Gasteiger partial charge in [0.2, 0.25) is 0 Å². The lowest BCUT2D eigenvalue weighted by atomic mass is 10.3. The van der Waals surface area contributed by atoms with E-state index in [0.717, 1.165) is 26.1 Å². The molecular weight excluding hydrogens is 232 g/mol. The van der Waals surface area contributed by atoms with Crippen LogP contribution in [0.1, 0.15) is 19.8 Å². The molecule has 18 heavy (non-hydrogen) atoms. The zero-order valence-electron chi connectivity index (χ0n) is 11.9. The van der Waals surface area contributed by atoms with Crippen molar-refractivity contribution < 1.29 is 18.8 Å². The lowest BCUT2D eigenvalue weighted by Gasteiger charge is -2.23. The molecule has 1 atom stereocenters. The van der Waals surface area contributed by atoms with Crippen LogP contribution < -0.4 is 0 Å². The van der Waals surface area contributed by atoms with E-state index in [2.05, 4.69) is 4.90 Å². The Balaban J connectivity index is 2.26. The van der Waals surface area contributed by atoms with Crippen molar-refractivity contribution in [3.8, 4) is 0 Å². The molecule has 1 saturated heterocycles. The van der Waals surface area contributed by atoms with Crippen molar-refractivity contribution in [1.29, 1.82) is 0 Å². The number of likely N-dealkylation sites (N-methyl/N-ethyl adjacent to an activating group) is 1. The summed E-state index contributed by atoms with van der Waals surface area (Å²) in [6.07, 6.45) is 1.45. The van der Waals surface area contributed by atoms with Gasteiger partial charge in [-0.3, -0.25) is 9.69 Å². The summed E-state index contributed by atoms with van der Waals surface area (Å²) in [5.41, 5.74) is 0. The summed E-state index contributed by atoms with van der Waals surface area (Å²) < 4.78 is 6.03. The molecule has 1 fully saturated rings. The van der Waals surface area contributed by atoms with Gasteiger partial charge in [-0.05, 0) is 13.3 Å². The first-order valence-corrected chi connectivity index (χ1v) is 6.48. The molecule has 5 heteroatoms. The highest BCUT2D eigenvalue weighted by Crippen LogP contribution is 2.13. The molecule has 0 aromatic rings. The molecule has 1 unspecified atom stereocenters. The van der Waals surface area contributed by atoms with E-state index in [1.165, 1.54) is 0 Å². The number of ketones is 1. The second kappa shape index (κ2) is 6.29. The second-order valence-electron chi connectivity index (χ2n) is 6.10. The number of carbonyl (C=O) groups excluding carboxylic acids is 2. The van der Waals surface area contributed by atoms with Gasteiger partial charge >= 0.3 is 5.97 Å². The first kappa shape index (κ1) is 15.1. The first-order valence-electron chi connectivity index (χ1n) is 6.48. The quantitative estimate of drug-likeness (QED) is 0.507. The Morgan fingerprint density at radius 3 is 2.56 bits per heavy atom. The number of hydrogen-bond acceptors (Lipinski definition) is 4. The van der Waals surface area contributed by atoms with Crippen LogP contribution in [0.25, 0.3) is 0 Å². The third-order valence-corrected chi connectivity index (χ3v) is 2.91. The smallest absolute Gasteiger partial charge is 0.362 e. The third kappa shape index (κ3) is 6.12. The molecule has 0 bridgehead atoms. The Bertz CT molecular complexity index is 310. The lowest BCUT2D eigenvalue weighted by molar-refractivity contribution is -0.862. The number of rotatable bonds is 6. The number of nitrogens with zero attached hydrogens (tertiary/aromatic N) is 2. The van der Waals surface area contributed by atoms with E-state index in [9.17, 15) is 9.59 Å². The van der Waals surface area contributed by atoms with E-state index in [4.69, 9.17) is 4.74 Å². The standard InChI is InChI=1S/C13H25N2O3/c1-11(16)5-7-14-8-6-12(9-14)18-13(17)10-15(2,3)4/h12H,5-10H2,1-4H3/q+1. The van der Waals surface area contributed by atoms with Crippen LogP contribution in [0.3, 0.4) is 0 Å². The predicted octanol–water partition coefficient (Wildman–Crippen LogP) is 0.289. The zero-order chi connectivity index (χ0) is 13.8. The van der Waals surface area contributed by atoms with E-state index in [0.29, 0.717) is 17.4 Å². The minimum atomic E-state index is -0.138. The molecule has 104 valence electrons. The van der Waals surface area contributed by atoms with Gasteiger partial charge in [0.05, 0.1) is 21.1 Å². The summed E-state index contributed by atoms with van der Waals surface area (Å²) in [4.78, 5) is 24.8. The molecule has 0 spiro atoms. The Morgan fingerprint density at radius 1 is 1.33 bits per heavy atom. The van der Waals surface area contributed by atoms with Crippen LogP contribution in [-0.2, 0) is 14.3 Å². The minimum Gasteiger partial charge on any atom is -0.457 e. The Hall–Kier alpha value is -0.940. The zero-order valence-corrected chi connectivity index (χ0v) is 11.9. The Kier molecular flexibility index (Phi) is 5.28. The minimum absolute atomic E-state index is 0.00370. The van der Waals surface area contributed by atoms with Gasteiger partial charge in [-0.15, -0.1) is 0 Å². The van der Waals surface area contributed by atoms with Gasteiger partial charge in [0.1, 0.15) is 11.9 Å². The van der Waals surface area contributed by atoms with Gasteiger partial charge in [-0.25, -0.2) is 4.79 Å². The second-order valence-corrected chi connectivity index (χ2v) is 6.10. The highest BCUT2D eigenvalue weighted by Gasteiger charge is 2.27. The highest BCUT2D eigenvalue weighted by molar-refractivity contribution is 5.75. The maximum Gasteiger partial charge on any atom is 0.362 e. The van der Waals surface area contributed by atoms with Crippen molar-refractivity contribution in [3.63, 3.8) is 0 Å². The maximum absolute atomic E-state index is 11.7. The normalized spacial score (nSPS) is 21.0. The summed E-state index contributed by atoms with van der Waals surface area (Å²) >= 11 is 0. The number of Topliss-reactive ketones (excluding diaryl/α,β-unsaturated/α-hetero) is 1. The van der Waals surface area contributed by atoms with E-state index in [-0.39, 0.29) is 17.9 Å². The van der Waals surface area contributed by atoms with Crippen LogP contribution in [0.5, 0.6) is 0 Å². The average Bonchev–Trinajstić information content (AvgIpc) is 2.59. The monoisotopic (exact) mass is 257 g/mol.